The van der Waals surface area contributed by atoms with E-state index in [0.717, 1.165) is 5.56 Å². The number of benzene rings is 1. The van der Waals surface area contributed by atoms with Crippen molar-refractivity contribution in [2.24, 2.45) is 0 Å². The van der Waals surface area contributed by atoms with E-state index in [1.807, 2.05) is 44.2 Å². The molecule has 3 aliphatic heterocycles. The molecule has 0 saturated carbocycles. The average Bonchev–Trinajstić information content (AvgIpc) is 3.29. The van der Waals surface area contributed by atoms with Crippen LogP contribution in [-0.4, -0.2) is 54.4 Å². The smallest absolute Gasteiger partial charge is 0.408 e. The van der Waals surface area contributed by atoms with Crippen molar-refractivity contribution in [2.75, 3.05) is 6.61 Å². The van der Waals surface area contributed by atoms with Gasteiger partial charge in [-0.25, -0.2) is 4.79 Å². The number of alkyl carbamates (subject to hydrolysis) is 1. The minimum absolute atomic E-state index is 0.137. The molecule has 1 aromatic carbocycles. The van der Waals surface area contributed by atoms with Crippen LogP contribution in [0.3, 0.4) is 0 Å². The summed E-state index contributed by atoms with van der Waals surface area (Å²) in [4.78, 5) is 12.8. The van der Waals surface area contributed by atoms with Crippen molar-refractivity contribution in [1.82, 2.24) is 5.32 Å². The molecule has 0 aliphatic carbocycles. The Bertz CT molecular complexity index is 796. The minimum atomic E-state index is -1.12. The first kappa shape index (κ1) is 21.3. The van der Waals surface area contributed by atoms with E-state index in [0.29, 0.717) is 6.61 Å². The van der Waals surface area contributed by atoms with Gasteiger partial charge in [0, 0.05) is 0 Å². The monoisotopic (exact) mass is 419 g/mol. The van der Waals surface area contributed by atoms with Crippen molar-refractivity contribution in [3.63, 3.8) is 0 Å². The Hall–Kier alpha value is -1.97. The van der Waals surface area contributed by atoms with Crippen LogP contribution in [0.4, 0.5) is 4.79 Å². The van der Waals surface area contributed by atoms with Crippen molar-refractivity contribution in [1.29, 1.82) is 0 Å². The molecule has 0 bridgehead atoms. The molecule has 1 aromatic rings. The molecule has 0 radical (unpaired) electrons. The SMILES string of the molecule is C=C[C@]1(NC(=O)OCc2ccccc2)[C@@H]([C@H]2COC(C)(C)O2)O[C@@H]2OC(C)(C)O[C@@H]21. The van der Waals surface area contributed by atoms with Gasteiger partial charge < -0.3 is 33.7 Å². The number of nitrogens with one attached hydrogen (secondary N) is 1. The van der Waals surface area contributed by atoms with Gasteiger partial charge in [-0.15, -0.1) is 6.58 Å². The number of carbonyl (C=O) groups excluding carboxylic acids is 1. The van der Waals surface area contributed by atoms with Crippen LogP contribution in [0.5, 0.6) is 0 Å². The standard InChI is InChI=1S/C22H29NO7/c1-6-22(23-19(24)25-12-14-10-8-7-9-11-14)16(15-13-26-20(2,3)28-15)27-18-17(22)29-21(4,5)30-18/h6-11,15-18H,1,12-13H2,2-5H3,(H,23,24)/t15-,16-,17+,18-,22+/m1/s1. The fraction of sp³-hybridized carbons (Fsp3) is 0.591. The van der Waals surface area contributed by atoms with Crippen LogP contribution in [0.2, 0.25) is 0 Å². The molecule has 8 nitrogen and oxygen atoms in total. The van der Waals surface area contributed by atoms with Gasteiger partial charge in [0.2, 0.25) is 0 Å². The molecule has 164 valence electrons. The normalized spacial score (nSPS) is 36.3. The maximum atomic E-state index is 12.8. The Balaban J connectivity index is 1.55. The topological polar surface area (TPSA) is 84.5 Å². The Morgan fingerprint density at radius 2 is 1.87 bits per heavy atom. The lowest BCUT2D eigenvalue weighted by Crippen LogP contribution is -2.63. The van der Waals surface area contributed by atoms with Gasteiger partial charge in [-0.05, 0) is 33.3 Å². The summed E-state index contributed by atoms with van der Waals surface area (Å²) in [7, 11) is 0. The summed E-state index contributed by atoms with van der Waals surface area (Å²) < 4.78 is 35.4. The van der Waals surface area contributed by atoms with Gasteiger partial charge in [0.05, 0.1) is 6.61 Å². The molecule has 3 aliphatic rings. The van der Waals surface area contributed by atoms with Crippen molar-refractivity contribution < 1.29 is 33.2 Å². The second kappa shape index (κ2) is 7.62. The quantitative estimate of drug-likeness (QED) is 0.735. The summed E-state index contributed by atoms with van der Waals surface area (Å²) in [5.41, 5.74) is -0.242. The predicted octanol–water partition coefficient (Wildman–Crippen LogP) is 2.87. The van der Waals surface area contributed by atoms with Gasteiger partial charge in [-0.3, -0.25) is 0 Å². The molecule has 3 fully saturated rings. The number of hydrogen-bond donors (Lipinski definition) is 1. The summed E-state index contributed by atoms with van der Waals surface area (Å²) >= 11 is 0. The molecule has 5 atom stereocenters. The van der Waals surface area contributed by atoms with Crippen molar-refractivity contribution >= 4 is 6.09 Å². The number of ether oxygens (including phenoxy) is 6. The molecule has 1 amide bonds. The zero-order valence-electron chi connectivity index (χ0n) is 17.8. The zero-order valence-corrected chi connectivity index (χ0v) is 17.8. The van der Waals surface area contributed by atoms with Crippen LogP contribution in [0.25, 0.3) is 0 Å². The second-order valence-corrected chi connectivity index (χ2v) is 8.67. The number of hydrogen-bond acceptors (Lipinski definition) is 7. The maximum Gasteiger partial charge on any atom is 0.408 e. The summed E-state index contributed by atoms with van der Waals surface area (Å²) in [5, 5.41) is 2.93. The van der Waals surface area contributed by atoms with E-state index in [4.69, 9.17) is 28.4 Å². The van der Waals surface area contributed by atoms with Crippen LogP contribution in [0.15, 0.2) is 43.0 Å². The molecule has 3 heterocycles. The maximum absolute atomic E-state index is 12.8. The Kier molecular flexibility index (Phi) is 5.40. The summed E-state index contributed by atoms with van der Waals surface area (Å²) in [6.07, 6.45) is -1.39. The number of amides is 1. The Morgan fingerprint density at radius 3 is 2.50 bits per heavy atom. The first-order chi connectivity index (χ1) is 14.1. The van der Waals surface area contributed by atoms with Crippen LogP contribution in [0.1, 0.15) is 33.3 Å². The first-order valence-corrected chi connectivity index (χ1v) is 10.1. The van der Waals surface area contributed by atoms with Gasteiger partial charge in [0.25, 0.3) is 0 Å². The van der Waals surface area contributed by atoms with Crippen LogP contribution in [0, 0.1) is 0 Å². The molecule has 30 heavy (non-hydrogen) atoms. The van der Waals surface area contributed by atoms with Crippen molar-refractivity contribution in [3.8, 4) is 0 Å². The zero-order chi connectivity index (χ0) is 21.6. The van der Waals surface area contributed by atoms with E-state index in [9.17, 15) is 4.79 Å². The van der Waals surface area contributed by atoms with Gasteiger partial charge in [-0.1, -0.05) is 36.4 Å². The van der Waals surface area contributed by atoms with Gasteiger partial charge in [0.1, 0.15) is 30.5 Å². The lowest BCUT2D eigenvalue weighted by molar-refractivity contribution is -0.227. The van der Waals surface area contributed by atoms with Gasteiger partial charge in [0.15, 0.2) is 17.9 Å². The molecule has 1 N–H and O–H groups in total. The van der Waals surface area contributed by atoms with E-state index < -0.39 is 47.8 Å². The summed E-state index contributed by atoms with van der Waals surface area (Å²) in [6, 6.07) is 9.45. The average molecular weight is 419 g/mol. The Labute approximate surface area is 176 Å². The van der Waals surface area contributed by atoms with E-state index >= 15 is 0 Å². The lowest BCUT2D eigenvalue weighted by atomic mass is 9.85. The highest BCUT2D eigenvalue weighted by Gasteiger charge is 2.66. The van der Waals surface area contributed by atoms with E-state index in [-0.39, 0.29) is 6.61 Å². The molecular weight excluding hydrogens is 390 g/mol. The first-order valence-electron chi connectivity index (χ1n) is 10.1. The van der Waals surface area contributed by atoms with Crippen molar-refractivity contribution in [3.05, 3.63) is 48.6 Å². The van der Waals surface area contributed by atoms with Gasteiger partial charge >= 0.3 is 6.09 Å². The third-order valence-corrected chi connectivity index (χ3v) is 5.52. The summed E-state index contributed by atoms with van der Waals surface area (Å²) in [5.74, 6) is -1.62. The molecule has 4 rings (SSSR count). The minimum Gasteiger partial charge on any atom is -0.445 e. The van der Waals surface area contributed by atoms with Crippen molar-refractivity contribution in [2.45, 2.75) is 76.0 Å². The third kappa shape index (κ3) is 3.98. The molecule has 0 unspecified atom stereocenters. The number of rotatable bonds is 5. The van der Waals surface area contributed by atoms with Crippen LogP contribution >= 0.6 is 0 Å². The van der Waals surface area contributed by atoms with Crippen LogP contribution < -0.4 is 5.32 Å². The van der Waals surface area contributed by atoms with E-state index in [1.54, 1.807) is 19.9 Å². The lowest BCUT2D eigenvalue weighted by Gasteiger charge is -2.38. The second-order valence-electron chi connectivity index (χ2n) is 8.67. The number of carbonyl (C=O) groups is 1. The highest BCUT2D eigenvalue weighted by molar-refractivity contribution is 5.69. The third-order valence-electron chi connectivity index (χ3n) is 5.52. The number of fused-ring (bicyclic) bond motifs is 1. The molecule has 0 spiro atoms. The molecular formula is C22H29NO7. The predicted molar refractivity (Wildman–Crippen MR) is 106 cm³/mol. The molecule has 3 saturated heterocycles. The fourth-order valence-corrected chi connectivity index (χ4v) is 4.19. The fourth-order valence-electron chi connectivity index (χ4n) is 4.19. The molecule has 8 heteroatoms. The highest BCUT2D eigenvalue weighted by Crippen LogP contribution is 2.46. The van der Waals surface area contributed by atoms with E-state index in [1.165, 1.54) is 0 Å². The van der Waals surface area contributed by atoms with E-state index in [2.05, 4.69) is 11.9 Å². The largest absolute Gasteiger partial charge is 0.445 e. The van der Waals surface area contributed by atoms with Gasteiger partial charge in [-0.2, -0.15) is 0 Å². The molecule has 0 aromatic heterocycles. The highest BCUT2D eigenvalue weighted by atomic mass is 16.8. The Morgan fingerprint density at radius 1 is 1.13 bits per heavy atom. The van der Waals surface area contributed by atoms with Crippen LogP contribution in [-0.2, 0) is 35.0 Å². The summed E-state index contributed by atoms with van der Waals surface area (Å²) in [6.45, 7) is 11.7.